The molecule has 2 aromatic rings. The lowest BCUT2D eigenvalue weighted by Gasteiger charge is -2.54. The van der Waals surface area contributed by atoms with Gasteiger partial charge in [-0.15, -0.1) is 0 Å². The highest BCUT2D eigenvalue weighted by Gasteiger charge is 2.52. The lowest BCUT2D eigenvalue weighted by atomic mass is 9.64. The topological polar surface area (TPSA) is 56.7 Å². The second kappa shape index (κ2) is 7.75. The van der Waals surface area contributed by atoms with E-state index in [1.165, 1.54) is 0 Å². The number of piperidine rings is 1. The first-order valence-electron chi connectivity index (χ1n) is 11.4. The second-order valence-electron chi connectivity index (χ2n) is 10.1. The standard InChI is InChI=1S/C25H33N3O3/c1-17-13-27-18(14-26-17)15-28-9-7-25(8-10-28)12-21-23(30-16-25)20-11-19(29-4)5-6-22(20)31-24(21,2)3/h5-6,11,13-14,21,23H,7-10,12,15-16H2,1-4H3/t21-,23+/m0/s1. The summed E-state index contributed by atoms with van der Waals surface area (Å²) in [5.41, 5.74) is 3.12. The fourth-order valence-electron chi connectivity index (χ4n) is 5.52. The summed E-state index contributed by atoms with van der Waals surface area (Å²) >= 11 is 0. The molecule has 1 aromatic heterocycles. The molecular weight excluding hydrogens is 390 g/mol. The minimum Gasteiger partial charge on any atom is -0.497 e. The van der Waals surface area contributed by atoms with Crippen molar-refractivity contribution in [3.05, 3.63) is 47.5 Å². The van der Waals surface area contributed by atoms with Gasteiger partial charge < -0.3 is 14.2 Å². The molecule has 2 fully saturated rings. The van der Waals surface area contributed by atoms with E-state index >= 15 is 0 Å². The largest absolute Gasteiger partial charge is 0.497 e. The van der Waals surface area contributed by atoms with E-state index in [4.69, 9.17) is 14.2 Å². The van der Waals surface area contributed by atoms with Crippen molar-refractivity contribution in [3.63, 3.8) is 0 Å². The summed E-state index contributed by atoms with van der Waals surface area (Å²) < 4.78 is 18.6. The molecule has 3 aliphatic heterocycles. The number of rotatable bonds is 3. The highest BCUT2D eigenvalue weighted by molar-refractivity contribution is 5.44. The molecule has 6 heteroatoms. The van der Waals surface area contributed by atoms with E-state index in [9.17, 15) is 0 Å². The van der Waals surface area contributed by atoms with Crippen molar-refractivity contribution in [2.45, 2.75) is 58.3 Å². The van der Waals surface area contributed by atoms with Crippen LogP contribution < -0.4 is 9.47 Å². The van der Waals surface area contributed by atoms with E-state index in [1.807, 2.05) is 31.5 Å². The number of methoxy groups -OCH3 is 1. The van der Waals surface area contributed by atoms with E-state index in [0.717, 1.165) is 74.0 Å². The third-order valence-corrected chi connectivity index (χ3v) is 7.51. The van der Waals surface area contributed by atoms with Crippen molar-refractivity contribution in [1.82, 2.24) is 14.9 Å². The molecule has 1 spiro atoms. The second-order valence-corrected chi connectivity index (χ2v) is 10.1. The predicted molar refractivity (Wildman–Crippen MR) is 118 cm³/mol. The van der Waals surface area contributed by atoms with Gasteiger partial charge in [0.05, 0.1) is 31.2 Å². The lowest BCUT2D eigenvalue weighted by molar-refractivity contribution is -0.174. The molecule has 4 heterocycles. The lowest BCUT2D eigenvalue weighted by Crippen LogP contribution is -2.54. The summed E-state index contributed by atoms with van der Waals surface area (Å²) in [6, 6.07) is 6.07. The zero-order valence-electron chi connectivity index (χ0n) is 19.1. The maximum Gasteiger partial charge on any atom is 0.126 e. The maximum atomic E-state index is 6.63. The average molecular weight is 424 g/mol. The molecule has 0 aliphatic carbocycles. The van der Waals surface area contributed by atoms with Gasteiger partial charge in [-0.1, -0.05) is 0 Å². The molecule has 31 heavy (non-hydrogen) atoms. The first kappa shape index (κ1) is 20.7. The SMILES string of the molecule is COc1ccc2c(c1)[C@H]1OCC3(CCN(Cc4cnc(C)cn4)CC3)C[C@@H]1C(C)(C)O2. The van der Waals surface area contributed by atoms with Crippen LogP contribution in [0.25, 0.3) is 0 Å². The van der Waals surface area contributed by atoms with Crippen LogP contribution in [0.15, 0.2) is 30.6 Å². The summed E-state index contributed by atoms with van der Waals surface area (Å²) in [6.45, 7) is 10.2. The van der Waals surface area contributed by atoms with Crippen LogP contribution in [-0.2, 0) is 11.3 Å². The van der Waals surface area contributed by atoms with E-state index < -0.39 is 0 Å². The third kappa shape index (κ3) is 3.92. The molecule has 0 unspecified atom stereocenters. The van der Waals surface area contributed by atoms with Crippen molar-refractivity contribution in [2.75, 3.05) is 26.8 Å². The van der Waals surface area contributed by atoms with Gasteiger partial charge in [-0.3, -0.25) is 14.9 Å². The molecule has 6 nitrogen and oxygen atoms in total. The van der Waals surface area contributed by atoms with Gasteiger partial charge in [0.2, 0.25) is 0 Å². The van der Waals surface area contributed by atoms with Gasteiger partial charge >= 0.3 is 0 Å². The fraction of sp³-hybridized carbons (Fsp3) is 0.600. The highest BCUT2D eigenvalue weighted by atomic mass is 16.5. The van der Waals surface area contributed by atoms with Crippen LogP contribution >= 0.6 is 0 Å². The Morgan fingerprint density at radius 3 is 2.68 bits per heavy atom. The van der Waals surface area contributed by atoms with Gasteiger partial charge in [-0.25, -0.2) is 0 Å². The van der Waals surface area contributed by atoms with Gasteiger partial charge in [0, 0.05) is 30.4 Å². The highest BCUT2D eigenvalue weighted by Crippen LogP contribution is 2.55. The molecule has 5 rings (SSSR count). The van der Waals surface area contributed by atoms with Crippen LogP contribution in [-0.4, -0.2) is 47.3 Å². The van der Waals surface area contributed by atoms with Crippen molar-refractivity contribution in [3.8, 4) is 11.5 Å². The molecule has 0 saturated carbocycles. The van der Waals surface area contributed by atoms with Gasteiger partial charge in [0.25, 0.3) is 0 Å². The van der Waals surface area contributed by atoms with Gasteiger partial charge in [-0.05, 0) is 76.7 Å². The van der Waals surface area contributed by atoms with Gasteiger partial charge in [0.15, 0.2) is 0 Å². The smallest absolute Gasteiger partial charge is 0.126 e. The zero-order chi connectivity index (χ0) is 21.6. The number of hydrogen-bond donors (Lipinski definition) is 0. The third-order valence-electron chi connectivity index (χ3n) is 7.51. The van der Waals surface area contributed by atoms with E-state index in [0.29, 0.717) is 5.92 Å². The van der Waals surface area contributed by atoms with Crippen LogP contribution in [0.2, 0.25) is 0 Å². The number of fused-ring (bicyclic) bond motifs is 3. The number of benzene rings is 1. The molecule has 3 aliphatic rings. The molecule has 1 aromatic carbocycles. The molecule has 0 amide bonds. The Kier molecular flexibility index (Phi) is 5.18. The Morgan fingerprint density at radius 2 is 1.97 bits per heavy atom. The Labute approximate surface area is 184 Å². The Balaban J connectivity index is 1.29. The number of ether oxygens (including phenoxy) is 3. The maximum absolute atomic E-state index is 6.63. The number of likely N-dealkylation sites (tertiary alicyclic amines) is 1. The molecule has 0 N–H and O–H groups in total. The van der Waals surface area contributed by atoms with Gasteiger partial charge in [0.1, 0.15) is 17.1 Å². The summed E-state index contributed by atoms with van der Waals surface area (Å²) in [7, 11) is 1.71. The molecular formula is C25H33N3O3. The molecule has 0 radical (unpaired) electrons. The van der Waals surface area contributed by atoms with E-state index in [-0.39, 0.29) is 17.1 Å². The summed E-state index contributed by atoms with van der Waals surface area (Å²) in [4.78, 5) is 11.4. The molecule has 166 valence electrons. The van der Waals surface area contributed by atoms with Crippen LogP contribution in [0.3, 0.4) is 0 Å². The Bertz CT molecular complexity index is 936. The van der Waals surface area contributed by atoms with Gasteiger partial charge in [-0.2, -0.15) is 0 Å². The zero-order valence-corrected chi connectivity index (χ0v) is 19.1. The Hall–Kier alpha value is -2.18. The minimum atomic E-state index is -0.256. The number of aromatic nitrogens is 2. The normalized spacial score (nSPS) is 26.6. The quantitative estimate of drug-likeness (QED) is 0.733. The monoisotopic (exact) mass is 423 g/mol. The molecule has 0 bridgehead atoms. The minimum absolute atomic E-state index is 0.0698. The summed E-state index contributed by atoms with van der Waals surface area (Å²) in [5, 5.41) is 0. The predicted octanol–water partition coefficient (Wildman–Crippen LogP) is 4.32. The Morgan fingerprint density at radius 1 is 1.16 bits per heavy atom. The van der Waals surface area contributed by atoms with Crippen molar-refractivity contribution >= 4 is 0 Å². The van der Waals surface area contributed by atoms with E-state index in [1.54, 1.807) is 7.11 Å². The van der Waals surface area contributed by atoms with Crippen LogP contribution in [0.1, 0.15) is 56.2 Å². The van der Waals surface area contributed by atoms with Crippen LogP contribution in [0, 0.1) is 18.3 Å². The average Bonchev–Trinajstić information content (AvgIpc) is 2.77. The molecule has 2 atom stereocenters. The van der Waals surface area contributed by atoms with Crippen molar-refractivity contribution < 1.29 is 14.2 Å². The number of hydrogen-bond acceptors (Lipinski definition) is 6. The molecule has 2 saturated heterocycles. The number of nitrogens with zero attached hydrogens (tertiary/aromatic N) is 3. The summed E-state index contributed by atoms with van der Waals surface area (Å²) in [5.74, 6) is 2.12. The van der Waals surface area contributed by atoms with E-state index in [2.05, 4.69) is 34.8 Å². The fourth-order valence-corrected chi connectivity index (χ4v) is 5.52. The van der Waals surface area contributed by atoms with Crippen LogP contribution in [0.4, 0.5) is 0 Å². The number of aryl methyl sites for hydroxylation is 1. The first-order valence-corrected chi connectivity index (χ1v) is 11.4. The van der Waals surface area contributed by atoms with Crippen molar-refractivity contribution in [1.29, 1.82) is 0 Å². The first-order chi connectivity index (χ1) is 14.9. The van der Waals surface area contributed by atoms with Crippen LogP contribution in [0.5, 0.6) is 11.5 Å². The summed E-state index contributed by atoms with van der Waals surface area (Å²) in [6.07, 6.45) is 7.27. The van der Waals surface area contributed by atoms with Crippen molar-refractivity contribution in [2.24, 2.45) is 11.3 Å².